The number of piperidine rings is 1. The van der Waals surface area contributed by atoms with Crippen LogP contribution >= 0.6 is 12.4 Å². The van der Waals surface area contributed by atoms with Crippen LogP contribution in [0.2, 0.25) is 0 Å². The number of halogens is 4. The van der Waals surface area contributed by atoms with E-state index in [1.165, 1.54) is 6.07 Å². The molecule has 12 heteroatoms. The molecule has 38 heavy (non-hydrogen) atoms. The summed E-state index contributed by atoms with van der Waals surface area (Å²) >= 11 is 0. The van der Waals surface area contributed by atoms with Gasteiger partial charge >= 0.3 is 6.18 Å². The van der Waals surface area contributed by atoms with Crippen LogP contribution in [0.1, 0.15) is 36.9 Å². The van der Waals surface area contributed by atoms with E-state index in [0.29, 0.717) is 30.0 Å². The van der Waals surface area contributed by atoms with Crippen molar-refractivity contribution >= 4 is 40.7 Å². The predicted octanol–water partition coefficient (Wildman–Crippen LogP) is 4.29. The Morgan fingerprint density at radius 2 is 1.79 bits per heavy atom. The third-order valence-corrected chi connectivity index (χ3v) is 7.24. The van der Waals surface area contributed by atoms with Crippen molar-refractivity contribution in [2.75, 3.05) is 49.5 Å². The fourth-order valence-electron chi connectivity index (χ4n) is 5.06. The molecule has 0 spiro atoms. The number of rotatable bonds is 5. The van der Waals surface area contributed by atoms with Gasteiger partial charge in [-0.15, -0.1) is 22.6 Å². The Kier molecular flexibility index (Phi) is 8.57. The second kappa shape index (κ2) is 11.7. The molecule has 5 rings (SSSR count). The zero-order chi connectivity index (χ0) is 26.0. The van der Waals surface area contributed by atoms with E-state index < -0.39 is 17.8 Å². The predicted molar refractivity (Wildman–Crippen MR) is 142 cm³/mol. The summed E-state index contributed by atoms with van der Waals surface area (Å²) < 4.78 is 39.5. The van der Waals surface area contributed by atoms with Crippen molar-refractivity contribution in [1.82, 2.24) is 25.6 Å². The van der Waals surface area contributed by atoms with Crippen molar-refractivity contribution in [3.8, 4) is 0 Å². The van der Waals surface area contributed by atoms with Gasteiger partial charge in [-0.05, 0) is 74.0 Å². The average Bonchev–Trinajstić information content (AvgIpc) is 2.93. The number of alkyl halides is 3. The minimum absolute atomic E-state index is 0. The summed E-state index contributed by atoms with van der Waals surface area (Å²) in [5, 5.41) is 19.3. The Labute approximate surface area is 225 Å². The fraction of sp³-hybridized carbons (Fsp3) is 0.462. The first-order valence-corrected chi connectivity index (χ1v) is 12.6. The van der Waals surface area contributed by atoms with E-state index in [1.54, 1.807) is 13.0 Å². The maximum atomic E-state index is 13.2. The molecule has 2 N–H and O–H groups in total. The molecular formula is C26H31ClF3N7O. The number of hydrogen-bond donors (Lipinski definition) is 2. The van der Waals surface area contributed by atoms with Gasteiger partial charge in [0, 0.05) is 43.2 Å². The molecule has 0 radical (unpaired) electrons. The molecular weight excluding hydrogens is 519 g/mol. The summed E-state index contributed by atoms with van der Waals surface area (Å²) in [5.74, 6) is 0.830. The molecule has 3 heterocycles. The first kappa shape index (κ1) is 27.8. The zero-order valence-electron chi connectivity index (χ0n) is 21.0. The Bertz CT molecular complexity index is 1260. The summed E-state index contributed by atoms with van der Waals surface area (Å²) in [6.07, 6.45) is -2.62. The number of hydrogen-bond acceptors (Lipinski definition) is 7. The summed E-state index contributed by atoms with van der Waals surface area (Å²) in [7, 11) is 0. The lowest BCUT2D eigenvalue weighted by molar-refractivity contribution is -0.138. The van der Waals surface area contributed by atoms with Crippen LogP contribution in [0.15, 0.2) is 42.5 Å². The smallest absolute Gasteiger partial charge is 0.368 e. The molecule has 0 aliphatic carbocycles. The number of benzene rings is 2. The summed E-state index contributed by atoms with van der Waals surface area (Å²) in [4.78, 5) is 17.1. The highest BCUT2D eigenvalue weighted by Crippen LogP contribution is 2.32. The lowest BCUT2D eigenvalue weighted by atomic mass is 9.96. The highest BCUT2D eigenvalue weighted by molar-refractivity contribution is 5.91. The molecule has 1 aromatic heterocycles. The number of amides is 1. The van der Waals surface area contributed by atoms with Crippen molar-refractivity contribution < 1.29 is 18.0 Å². The Morgan fingerprint density at radius 1 is 1.05 bits per heavy atom. The van der Waals surface area contributed by atoms with Gasteiger partial charge in [-0.3, -0.25) is 4.79 Å². The monoisotopic (exact) mass is 549 g/mol. The lowest BCUT2D eigenvalue weighted by Gasteiger charge is -2.38. The Morgan fingerprint density at radius 3 is 2.50 bits per heavy atom. The standard InChI is InChI=1S/C26H30F3N7O.ClH/c1-17(19-3-2-4-20(15-19)26(27,28)29)31-24-22-16-21(5-6-23(22)32-34-33-24)35-11-13-36(14-12-35)25(37)18-7-9-30-10-8-18;/h2-6,15-18,30H,7-14H2,1H3,(H,31,32,33);1H/t17-;/m1./s1. The van der Waals surface area contributed by atoms with Crippen LogP contribution in [-0.4, -0.2) is 65.5 Å². The van der Waals surface area contributed by atoms with Gasteiger partial charge in [0.25, 0.3) is 0 Å². The molecule has 0 bridgehead atoms. The molecule has 204 valence electrons. The normalized spacial score (nSPS) is 17.7. The summed E-state index contributed by atoms with van der Waals surface area (Å²) in [6, 6.07) is 10.6. The van der Waals surface area contributed by atoms with Gasteiger partial charge in [0.15, 0.2) is 5.82 Å². The van der Waals surface area contributed by atoms with Crippen molar-refractivity contribution in [2.45, 2.75) is 32.0 Å². The largest absolute Gasteiger partial charge is 0.416 e. The molecule has 2 aromatic carbocycles. The van der Waals surface area contributed by atoms with Gasteiger partial charge in [-0.2, -0.15) is 13.2 Å². The minimum atomic E-state index is -4.41. The van der Waals surface area contributed by atoms with Gasteiger partial charge in [0.2, 0.25) is 5.91 Å². The average molecular weight is 550 g/mol. The Hall–Kier alpha value is -3.18. The molecule has 2 saturated heterocycles. The number of aromatic nitrogens is 3. The zero-order valence-corrected chi connectivity index (χ0v) is 21.9. The van der Waals surface area contributed by atoms with E-state index in [0.717, 1.165) is 62.2 Å². The van der Waals surface area contributed by atoms with Gasteiger partial charge < -0.3 is 20.4 Å². The fourth-order valence-corrected chi connectivity index (χ4v) is 5.06. The molecule has 0 unspecified atom stereocenters. The maximum absolute atomic E-state index is 13.2. The van der Waals surface area contributed by atoms with Crippen LogP contribution in [0.5, 0.6) is 0 Å². The van der Waals surface area contributed by atoms with Gasteiger partial charge in [0.1, 0.15) is 0 Å². The SMILES string of the molecule is C[C@@H](Nc1nnnc2ccc(N3CCN(C(=O)C4CCNCC4)CC3)cc12)c1cccc(C(F)(F)F)c1.Cl. The highest BCUT2D eigenvalue weighted by Gasteiger charge is 2.31. The molecule has 8 nitrogen and oxygen atoms in total. The van der Waals surface area contributed by atoms with Gasteiger partial charge in [-0.25, -0.2) is 0 Å². The third-order valence-electron chi connectivity index (χ3n) is 7.24. The van der Waals surface area contributed by atoms with E-state index in [2.05, 4.69) is 30.9 Å². The van der Waals surface area contributed by atoms with E-state index >= 15 is 0 Å². The molecule has 1 atom stereocenters. The minimum Gasteiger partial charge on any atom is -0.368 e. The number of anilines is 2. The van der Waals surface area contributed by atoms with E-state index in [-0.39, 0.29) is 24.2 Å². The van der Waals surface area contributed by atoms with Crippen molar-refractivity contribution in [1.29, 1.82) is 0 Å². The maximum Gasteiger partial charge on any atom is 0.416 e. The van der Waals surface area contributed by atoms with Crippen molar-refractivity contribution in [3.63, 3.8) is 0 Å². The number of carbonyl (C=O) groups is 1. The Balaban J connectivity index is 0.00000336. The lowest BCUT2D eigenvalue weighted by Crippen LogP contribution is -2.51. The molecule has 3 aromatic rings. The number of nitrogens with one attached hydrogen (secondary N) is 2. The second-order valence-corrected chi connectivity index (χ2v) is 9.67. The third kappa shape index (κ3) is 6.10. The van der Waals surface area contributed by atoms with Crippen LogP contribution in [0.25, 0.3) is 10.9 Å². The van der Waals surface area contributed by atoms with Crippen LogP contribution in [-0.2, 0) is 11.0 Å². The number of carbonyl (C=O) groups excluding carboxylic acids is 1. The van der Waals surface area contributed by atoms with Gasteiger partial charge in [-0.1, -0.05) is 12.1 Å². The van der Waals surface area contributed by atoms with Gasteiger partial charge in [0.05, 0.1) is 17.1 Å². The number of nitrogens with zero attached hydrogens (tertiary/aromatic N) is 5. The second-order valence-electron chi connectivity index (χ2n) is 9.67. The first-order chi connectivity index (χ1) is 17.8. The van der Waals surface area contributed by atoms with Crippen LogP contribution < -0.4 is 15.5 Å². The van der Waals surface area contributed by atoms with Crippen LogP contribution in [0, 0.1) is 5.92 Å². The molecule has 2 aliphatic heterocycles. The summed E-state index contributed by atoms with van der Waals surface area (Å²) in [6.45, 7) is 6.36. The number of fused-ring (bicyclic) bond motifs is 1. The molecule has 0 saturated carbocycles. The molecule has 2 aliphatic rings. The first-order valence-electron chi connectivity index (χ1n) is 12.6. The highest BCUT2D eigenvalue weighted by atomic mass is 35.5. The van der Waals surface area contributed by atoms with E-state index in [1.807, 2.05) is 23.1 Å². The van der Waals surface area contributed by atoms with Crippen molar-refractivity contribution in [3.05, 3.63) is 53.6 Å². The molecule has 1 amide bonds. The topological polar surface area (TPSA) is 86.3 Å². The van der Waals surface area contributed by atoms with Crippen molar-refractivity contribution in [2.24, 2.45) is 5.92 Å². The quantitative estimate of drug-likeness (QED) is 0.491. The molecule has 2 fully saturated rings. The number of piperazine rings is 1. The summed E-state index contributed by atoms with van der Waals surface area (Å²) in [5.41, 5.74) is 1.42. The van der Waals surface area contributed by atoms with Crippen LogP contribution in [0.4, 0.5) is 24.7 Å². The van der Waals surface area contributed by atoms with Crippen LogP contribution in [0.3, 0.4) is 0 Å². The van der Waals surface area contributed by atoms with E-state index in [9.17, 15) is 18.0 Å². The van der Waals surface area contributed by atoms with E-state index in [4.69, 9.17) is 0 Å².